The van der Waals surface area contributed by atoms with Crippen molar-refractivity contribution in [2.45, 2.75) is 39.4 Å². The van der Waals surface area contributed by atoms with Gasteiger partial charge >= 0.3 is 0 Å². The quantitative estimate of drug-likeness (QED) is 0.803. The van der Waals surface area contributed by atoms with Crippen LogP contribution in [-0.2, 0) is 5.60 Å². The minimum atomic E-state index is -0.872. The highest BCUT2D eigenvalue weighted by Crippen LogP contribution is 2.22. The van der Waals surface area contributed by atoms with Gasteiger partial charge < -0.3 is 9.84 Å². The number of aliphatic hydroxyl groups is 1. The summed E-state index contributed by atoms with van der Waals surface area (Å²) in [5, 5.41) is 9.75. The molecule has 1 aromatic heterocycles. The Morgan fingerprint density at radius 3 is 2.50 bits per heavy atom. The number of hydrogen-bond donors (Lipinski definition) is 1. The van der Waals surface area contributed by atoms with Gasteiger partial charge in [0.05, 0.1) is 17.9 Å². The van der Waals surface area contributed by atoms with E-state index >= 15 is 0 Å². The van der Waals surface area contributed by atoms with E-state index in [4.69, 9.17) is 4.74 Å². The van der Waals surface area contributed by atoms with Crippen LogP contribution in [0.4, 0.5) is 0 Å². The summed E-state index contributed by atoms with van der Waals surface area (Å²) in [5.41, 5.74) is -0.112. The van der Waals surface area contributed by atoms with Crippen LogP contribution in [0.15, 0.2) is 18.5 Å². The van der Waals surface area contributed by atoms with E-state index in [1.165, 1.54) is 0 Å². The van der Waals surface area contributed by atoms with Crippen LogP contribution < -0.4 is 4.74 Å². The molecule has 0 amide bonds. The van der Waals surface area contributed by atoms with Crippen molar-refractivity contribution < 1.29 is 9.84 Å². The third-order valence-electron chi connectivity index (χ3n) is 1.79. The summed E-state index contributed by atoms with van der Waals surface area (Å²) in [7, 11) is 0. The summed E-state index contributed by atoms with van der Waals surface area (Å²) in [4.78, 5) is 4.02. The van der Waals surface area contributed by atoms with Gasteiger partial charge in [0.1, 0.15) is 5.75 Å². The van der Waals surface area contributed by atoms with Gasteiger partial charge in [0.2, 0.25) is 0 Å². The average Bonchev–Trinajstić information content (AvgIpc) is 2.01. The van der Waals surface area contributed by atoms with Crippen LogP contribution in [0.2, 0.25) is 0 Å². The largest absolute Gasteiger partial charge is 0.489 e. The van der Waals surface area contributed by atoms with Crippen LogP contribution in [0.3, 0.4) is 0 Å². The molecule has 14 heavy (non-hydrogen) atoms. The first-order valence-corrected chi connectivity index (χ1v) is 4.74. The molecule has 0 atom stereocenters. The first kappa shape index (κ1) is 11.0. The van der Waals surface area contributed by atoms with Gasteiger partial charge in [-0.2, -0.15) is 0 Å². The zero-order chi connectivity index (χ0) is 10.8. The highest BCUT2D eigenvalue weighted by Gasteiger charge is 2.16. The highest BCUT2D eigenvalue weighted by atomic mass is 16.5. The standard InChI is InChI=1S/C11H17NO2/c1-8(2)14-10-5-9(6-12-7-10)11(3,4)13/h5-8,13H,1-4H3. The number of nitrogens with zero attached hydrogens (tertiary/aromatic N) is 1. The Labute approximate surface area is 84.7 Å². The maximum atomic E-state index is 9.75. The van der Waals surface area contributed by atoms with Gasteiger partial charge in [0.15, 0.2) is 0 Å². The minimum absolute atomic E-state index is 0.119. The number of rotatable bonds is 3. The molecule has 0 aliphatic rings. The van der Waals surface area contributed by atoms with Crippen molar-refractivity contribution in [1.29, 1.82) is 0 Å². The lowest BCUT2D eigenvalue weighted by molar-refractivity contribution is 0.0776. The number of pyridine rings is 1. The Balaban J connectivity index is 2.90. The molecule has 0 aromatic carbocycles. The second-order valence-electron chi connectivity index (χ2n) is 4.13. The lowest BCUT2D eigenvalue weighted by Crippen LogP contribution is -2.16. The molecular formula is C11H17NO2. The van der Waals surface area contributed by atoms with Crippen molar-refractivity contribution in [2.24, 2.45) is 0 Å². The smallest absolute Gasteiger partial charge is 0.138 e. The van der Waals surface area contributed by atoms with Crippen molar-refractivity contribution in [3.05, 3.63) is 24.0 Å². The predicted octanol–water partition coefficient (Wildman–Crippen LogP) is 2.10. The van der Waals surface area contributed by atoms with Crippen molar-refractivity contribution in [3.63, 3.8) is 0 Å². The van der Waals surface area contributed by atoms with Crippen LogP contribution in [-0.4, -0.2) is 16.2 Å². The Hall–Kier alpha value is -1.09. The van der Waals surface area contributed by atoms with Gasteiger partial charge in [-0.25, -0.2) is 0 Å². The van der Waals surface area contributed by atoms with E-state index < -0.39 is 5.60 Å². The van der Waals surface area contributed by atoms with E-state index in [1.807, 2.05) is 19.9 Å². The molecule has 3 heteroatoms. The average molecular weight is 195 g/mol. The summed E-state index contributed by atoms with van der Waals surface area (Å²) < 4.78 is 5.48. The van der Waals surface area contributed by atoms with Crippen molar-refractivity contribution in [2.75, 3.05) is 0 Å². The molecule has 1 aromatic rings. The maximum Gasteiger partial charge on any atom is 0.138 e. The van der Waals surface area contributed by atoms with E-state index in [0.29, 0.717) is 5.75 Å². The number of aromatic nitrogens is 1. The monoisotopic (exact) mass is 195 g/mol. The molecule has 0 bridgehead atoms. The molecule has 0 unspecified atom stereocenters. The van der Waals surface area contributed by atoms with Gasteiger partial charge in [0, 0.05) is 11.8 Å². The van der Waals surface area contributed by atoms with Crippen LogP contribution in [0, 0.1) is 0 Å². The second-order valence-corrected chi connectivity index (χ2v) is 4.13. The first-order valence-electron chi connectivity index (χ1n) is 4.74. The highest BCUT2D eigenvalue weighted by molar-refractivity contribution is 5.27. The van der Waals surface area contributed by atoms with Gasteiger partial charge in [-0.05, 0) is 33.8 Å². The number of ether oxygens (including phenoxy) is 1. The molecule has 78 valence electrons. The molecule has 3 nitrogen and oxygen atoms in total. The fourth-order valence-corrected chi connectivity index (χ4v) is 1.09. The normalized spacial score (nSPS) is 11.9. The topological polar surface area (TPSA) is 42.4 Å². The summed E-state index contributed by atoms with van der Waals surface area (Å²) in [6.45, 7) is 7.36. The van der Waals surface area contributed by atoms with Crippen LogP contribution in [0.1, 0.15) is 33.3 Å². The van der Waals surface area contributed by atoms with Gasteiger partial charge in [-0.1, -0.05) is 0 Å². The SMILES string of the molecule is CC(C)Oc1cncc(C(C)(C)O)c1. The van der Waals surface area contributed by atoms with Gasteiger partial charge in [-0.15, -0.1) is 0 Å². The second kappa shape index (κ2) is 3.96. The summed E-state index contributed by atoms with van der Waals surface area (Å²) >= 11 is 0. The Bertz CT molecular complexity index is 302. The van der Waals surface area contributed by atoms with E-state index in [0.717, 1.165) is 5.56 Å². The van der Waals surface area contributed by atoms with Crippen molar-refractivity contribution in [3.8, 4) is 5.75 Å². The molecule has 0 spiro atoms. The zero-order valence-corrected chi connectivity index (χ0v) is 9.11. The molecule has 0 saturated heterocycles. The van der Waals surface area contributed by atoms with Gasteiger partial charge in [0.25, 0.3) is 0 Å². The molecule has 0 aliphatic heterocycles. The van der Waals surface area contributed by atoms with Gasteiger partial charge in [-0.3, -0.25) is 4.98 Å². The first-order chi connectivity index (χ1) is 6.39. The fourth-order valence-electron chi connectivity index (χ4n) is 1.09. The number of hydrogen-bond acceptors (Lipinski definition) is 3. The van der Waals surface area contributed by atoms with Crippen molar-refractivity contribution >= 4 is 0 Å². The lowest BCUT2D eigenvalue weighted by atomic mass is 10.0. The Morgan fingerprint density at radius 1 is 1.36 bits per heavy atom. The molecule has 0 saturated carbocycles. The van der Waals surface area contributed by atoms with E-state index in [-0.39, 0.29) is 6.10 Å². The van der Waals surface area contributed by atoms with E-state index in [2.05, 4.69) is 4.98 Å². The Kier molecular flexibility index (Phi) is 3.11. The third kappa shape index (κ3) is 3.00. The van der Waals surface area contributed by atoms with Crippen LogP contribution in [0.25, 0.3) is 0 Å². The molecule has 1 heterocycles. The molecule has 0 radical (unpaired) electrons. The lowest BCUT2D eigenvalue weighted by Gasteiger charge is -2.18. The fraction of sp³-hybridized carbons (Fsp3) is 0.545. The zero-order valence-electron chi connectivity index (χ0n) is 9.11. The van der Waals surface area contributed by atoms with Crippen molar-refractivity contribution in [1.82, 2.24) is 4.98 Å². The predicted molar refractivity (Wildman–Crippen MR) is 55.2 cm³/mol. The maximum absolute atomic E-state index is 9.75. The molecule has 0 fully saturated rings. The van der Waals surface area contributed by atoms with Crippen LogP contribution >= 0.6 is 0 Å². The third-order valence-corrected chi connectivity index (χ3v) is 1.79. The molecule has 1 N–H and O–H groups in total. The van der Waals surface area contributed by atoms with E-state index in [9.17, 15) is 5.11 Å². The summed E-state index contributed by atoms with van der Waals surface area (Å²) in [6, 6.07) is 1.81. The molecule has 1 rings (SSSR count). The minimum Gasteiger partial charge on any atom is -0.489 e. The summed E-state index contributed by atoms with van der Waals surface area (Å²) in [6.07, 6.45) is 3.41. The molecule has 0 aliphatic carbocycles. The molecular weight excluding hydrogens is 178 g/mol. The van der Waals surface area contributed by atoms with Crippen LogP contribution in [0.5, 0.6) is 5.75 Å². The summed E-state index contributed by atoms with van der Waals surface area (Å²) in [5.74, 6) is 0.694. The Morgan fingerprint density at radius 2 is 2.00 bits per heavy atom. The van der Waals surface area contributed by atoms with E-state index in [1.54, 1.807) is 26.2 Å².